The van der Waals surface area contributed by atoms with Crippen molar-refractivity contribution in [1.29, 1.82) is 0 Å². The van der Waals surface area contributed by atoms with Crippen molar-refractivity contribution in [2.45, 2.75) is 25.9 Å². The number of benzene rings is 2. The van der Waals surface area contributed by atoms with Gasteiger partial charge in [-0.05, 0) is 61.4 Å². The van der Waals surface area contributed by atoms with Gasteiger partial charge in [-0.2, -0.15) is 10.2 Å². The molecule has 0 amide bonds. The van der Waals surface area contributed by atoms with Crippen molar-refractivity contribution in [2.75, 3.05) is 62.2 Å². The first-order valence-electron chi connectivity index (χ1n) is 16.9. The molecule has 0 bridgehead atoms. The minimum Gasteiger partial charge on any atom is -0.353 e. The molecule has 256 valence electrons. The van der Waals surface area contributed by atoms with E-state index in [1.54, 1.807) is 36.9 Å². The van der Waals surface area contributed by atoms with Crippen molar-refractivity contribution in [3.05, 3.63) is 117 Å². The Labute approximate surface area is 288 Å². The second kappa shape index (κ2) is 14.9. The van der Waals surface area contributed by atoms with Crippen LogP contribution in [0.1, 0.15) is 37.1 Å². The number of piperazine rings is 2. The lowest BCUT2D eigenvalue weighted by Crippen LogP contribution is -2.47. The number of H-pyrrole nitrogens is 2. The highest BCUT2D eigenvalue weighted by molar-refractivity contribution is 5.75. The maximum Gasteiger partial charge on any atom is 0.264 e. The van der Waals surface area contributed by atoms with Crippen molar-refractivity contribution in [2.24, 2.45) is 0 Å². The first-order chi connectivity index (χ1) is 24.4. The minimum atomic E-state index is -0.171. The maximum atomic E-state index is 11.1. The van der Waals surface area contributed by atoms with Crippen molar-refractivity contribution in [3.8, 4) is 0 Å². The number of nitrogens with zero attached hydrogens (tertiary/aromatic N) is 10. The average molecular weight is 673 g/mol. The summed E-state index contributed by atoms with van der Waals surface area (Å²) in [6, 6.07) is 19.8. The van der Waals surface area contributed by atoms with Gasteiger partial charge >= 0.3 is 0 Å². The van der Waals surface area contributed by atoms with E-state index >= 15 is 0 Å². The number of nitrogens with one attached hydrogen (secondary N) is 2. The first-order valence-corrected chi connectivity index (χ1v) is 16.9. The zero-order valence-corrected chi connectivity index (χ0v) is 28.2. The minimum absolute atomic E-state index is 0.171. The zero-order chi connectivity index (χ0) is 34.5. The summed E-state index contributed by atoms with van der Waals surface area (Å²) in [6.07, 6.45) is 6.89. The van der Waals surface area contributed by atoms with Crippen LogP contribution in [0.4, 0.5) is 11.6 Å². The summed E-state index contributed by atoms with van der Waals surface area (Å²) in [4.78, 5) is 49.1. The number of hydrogen-bond acceptors (Lipinski definition) is 12. The molecule has 0 unspecified atom stereocenters. The molecule has 0 saturated carbocycles. The fourth-order valence-corrected chi connectivity index (χ4v) is 6.61. The molecule has 2 aliphatic rings. The molecule has 0 radical (unpaired) electrons. The highest BCUT2D eigenvalue weighted by Gasteiger charge is 2.24. The number of fused-ring (bicyclic) bond motifs is 2. The predicted molar refractivity (Wildman–Crippen MR) is 193 cm³/mol. The van der Waals surface area contributed by atoms with Crippen LogP contribution in [0.15, 0.2) is 95.0 Å². The SMILES string of the molecule is C[C@@H](c1ccc2nccnc2c1)N1CCN(c2ccc(=O)[nH]n2)CC1.C[C@H](c1ccc2nccnc2c1)N1CCN(c2ccc(=O)[nH]n2)CC1. The van der Waals surface area contributed by atoms with Crippen LogP contribution >= 0.6 is 0 Å². The van der Waals surface area contributed by atoms with Gasteiger partial charge < -0.3 is 9.80 Å². The first kappa shape index (κ1) is 32.9. The van der Waals surface area contributed by atoms with Crippen molar-refractivity contribution in [3.63, 3.8) is 0 Å². The highest BCUT2D eigenvalue weighted by Crippen LogP contribution is 2.26. The summed E-state index contributed by atoms with van der Waals surface area (Å²) in [5, 5.41) is 13.2. The van der Waals surface area contributed by atoms with Gasteiger partial charge in [0.25, 0.3) is 11.1 Å². The summed E-state index contributed by atoms with van der Waals surface area (Å²) >= 11 is 0. The number of anilines is 2. The molecule has 14 nitrogen and oxygen atoms in total. The molecule has 8 rings (SSSR count). The summed E-state index contributed by atoms with van der Waals surface area (Å²) in [7, 11) is 0. The molecule has 6 heterocycles. The normalized spacial score (nSPS) is 16.9. The van der Waals surface area contributed by atoms with Crippen LogP contribution in [-0.2, 0) is 0 Å². The molecule has 6 aromatic rings. The van der Waals surface area contributed by atoms with Crippen LogP contribution in [-0.4, -0.2) is 102 Å². The Morgan fingerprint density at radius 1 is 0.500 bits per heavy atom. The molecular weight excluding hydrogens is 632 g/mol. The third-order valence-electron chi connectivity index (χ3n) is 9.65. The van der Waals surface area contributed by atoms with Gasteiger partial charge in [0.1, 0.15) is 11.6 Å². The summed E-state index contributed by atoms with van der Waals surface area (Å²) in [6.45, 7) is 11.8. The third-order valence-corrected chi connectivity index (χ3v) is 9.65. The van der Waals surface area contributed by atoms with Gasteiger partial charge in [-0.3, -0.25) is 39.3 Å². The number of aromatic nitrogens is 8. The van der Waals surface area contributed by atoms with E-state index in [4.69, 9.17) is 0 Å². The van der Waals surface area contributed by atoms with Crippen molar-refractivity contribution < 1.29 is 0 Å². The molecule has 50 heavy (non-hydrogen) atoms. The van der Waals surface area contributed by atoms with E-state index in [1.165, 1.54) is 23.3 Å². The molecule has 0 spiro atoms. The molecule has 2 N–H and O–H groups in total. The van der Waals surface area contributed by atoms with Crippen LogP contribution in [0.2, 0.25) is 0 Å². The molecular formula is C36H40N12O2. The van der Waals surface area contributed by atoms with Crippen LogP contribution in [0.3, 0.4) is 0 Å². The lowest BCUT2D eigenvalue weighted by atomic mass is 10.0. The average Bonchev–Trinajstić information content (AvgIpc) is 3.18. The lowest BCUT2D eigenvalue weighted by Gasteiger charge is -2.38. The van der Waals surface area contributed by atoms with E-state index in [9.17, 15) is 9.59 Å². The van der Waals surface area contributed by atoms with E-state index in [0.717, 1.165) is 86.1 Å². The Bertz CT molecular complexity index is 1980. The van der Waals surface area contributed by atoms with E-state index in [-0.39, 0.29) is 11.1 Å². The van der Waals surface area contributed by atoms with Gasteiger partial charge in [-0.25, -0.2) is 10.2 Å². The predicted octanol–water partition coefficient (Wildman–Crippen LogP) is 3.19. The molecule has 2 saturated heterocycles. The third kappa shape index (κ3) is 7.51. The quantitative estimate of drug-likeness (QED) is 0.267. The largest absolute Gasteiger partial charge is 0.353 e. The molecule has 0 aliphatic carbocycles. The molecule has 4 aromatic heterocycles. The van der Waals surface area contributed by atoms with Crippen molar-refractivity contribution in [1.82, 2.24) is 50.1 Å². The molecule has 2 aliphatic heterocycles. The van der Waals surface area contributed by atoms with E-state index in [0.29, 0.717) is 12.1 Å². The Morgan fingerprint density at radius 2 is 0.880 bits per heavy atom. The van der Waals surface area contributed by atoms with Crippen LogP contribution in [0, 0.1) is 0 Å². The lowest BCUT2D eigenvalue weighted by molar-refractivity contribution is 0.198. The molecule has 2 fully saturated rings. The van der Waals surface area contributed by atoms with Gasteiger partial charge in [0, 0.05) is 101 Å². The van der Waals surface area contributed by atoms with E-state index in [2.05, 4.69) is 98.0 Å². The molecule has 14 heteroatoms. The molecule has 2 atom stereocenters. The summed E-state index contributed by atoms with van der Waals surface area (Å²) in [5.41, 5.74) is 5.88. The number of aromatic amines is 2. The maximum absolute atomic E-state index is 11.1. The van der Waals surface area contributed by atoms with Gasteiger partial charge in [-0.15, -0.1) is 0 Å². The van der Waals surface area contributed by atoms with Gasteiger partial charge in [-0.1, -0.05) is 12.1 Å². The topological polar surface area (TPSA) is 156 Å². The second-order valence-electron chi connectivity index (χ2n) is 12.6. The summed E-state index contributed by atoms with van der Waals surface area (Å²) < 4.78 is 0. The Morgan fingerprint density at radius 3 is 1.24 bits per heavy atom. The standard InChI is InChI=1S/2C18H20N6O/c2*1-13(14-2-3-15-16(12-14)20-7-6-19-15)23-8-10-24(11-9-23)17-4-5-18(25)22-21-17/h2*2-7,12-13H,8-11H2,1H3,(H,22,25)/t2*13-/m10/s1. The van der Waals surface area contributed by atoms with Crippen LogP contribution < -0.4 is 20.9 Å². The van der Waals surface area contributed by atoms with Gasteiger partial charge in [0.2, 0.25) is 0 Å². The zero-order valence-electron chi connectivity index (χ0n) is 28.2. The Hall–Kier alpha value is -5.60. The number of hydrogen-bond donors (Lipinski definition) is 2. The van der Waals surface area contributed by atoms with Crippen LogP contribution in [0.5, 0.6) is 0 Å². The Kier molecular flexibility index (Phi) is 9.80. The van der Waals surface area contributed by atoms with Crippen molar-refractivity contribution >= 4 is 33.7 Å². The second-order valence-corrected chi connectivity index (χ2v) is 12.6. The summed E-state index contributed by atoms with van der Waals surface area (Å²) in [5.74, 6) is 1.65. The van der Waals surface area contributed by atoms with Crippen LogP contribution in [0.25, 0.3) is 22.1 Å². The number of rotatable bonds is 6. The Balaban J connectivity index is 0.000000157. The highest BCUT2D eigenvalue weighted by atomic mass is 16.1. The fraction of sp³-hybridized carbons (Fsp3) is 0.333. The van der Waals surface area contributed by atoms with E-state index in [1.807, 2.05) is 12.1 Å². The smallest absolute Gasteiger partial charge is 0.264 e. The van der Waals surface area contributed by atoms with Gasteiger partial charge in [0.05, 0.1) is 22.1 Å². The fourth-order valence-electron chi connectivity index (χ4n) is 6.61. The van der Waals surface area contributed by atoms with Gasteiger partial charge in [0.15, 0.2) is 0 Å². The monoisotopic (exact) mass is 672 g/mol. The molecule has 2 aromatic carbocycles. The van der Waals surface area contributed by atoms with E-state index < -0.39 is 0 Å².